The maximum atomic E-state index is 12.8. The van der Waals surface area contributed by atoms with E-state index < -0.39 is 17.2 Å². The van der Waals surface area contributed by atoms with E-state index in [4.69, 9.17) is 0 Å². The number of halogens is 4. The van der Waals surface area contributed by atoms with E-state index in [1.807, 2.05) is 0 Å². The van der Waals surface area contributed by atoms with E-state index in [2.05, 4.69) is 15.9 Å². The molecule has 5 heteroatoms. The zero-order valence-electron chi connectivity index (χ0n) is 8.90. The number of aliphatic hydroxyl groups is 1. The highest BCUT2D eigenvalue weighted by atomic mass is 79.9. The minimum absolute atomic E-state index is 0.0880. The molecule has 0 aliphatic heterocycles. The summed E-state index contributed by atoms with van der Waals surface area (Å²) in [6.07, 6.45) is -4.41. The summed E-state index contributed by atoms with van der Waals surface area (Å²) in [4.78, 5) is 0. The highest BCUT2D eigenvalue weighted by molar-refractivity contribution is 9.10. The largest absolute Gasteiger partial charge is 0.416 e. The lowest BCUT2D eigenvalue weighted by molar-refractivity contribution is -0.138. The minimum Gasteiger partial charge on any atom is -0.395 e. The fourth-order valence-electron chi connectivity index (χ4n) is 1.53. The van der Waals surface area contributed by atoms with Gasteiger partial charge in [-0.3, -0.25) is 0 Å². The van der Waals surface area contributed by atoms with Crippen molar-refractivity contribution in [3.63, 3.8) is 0 Å². The Labute approximate surface area is 100 Å². The third-order valence-corrected chi connectivity index (χ3v) is 3.05. The molecule has 1 nitrogen and oxygen atoms in total. The quantitative estimate of drug-likeness (QED) is 0.881. The van der Waals surface area contributed by atoms with Crippen LogP contribution in [-0.2, 0) is 11.6 Å². The van der Waals surface area contributed by atoms with Crippen LogP contribution in [-0.4, -0.2) is 11.7 Å². The van der Waals surface area contributed by atoms with E-state index in [9.17, 15) is 18.3 Å². The molecule has 0 saturated heterocycles. The number of rotatable bonds is 2. The molecule has 0 radical (unpaired) electrons. The van der Waals surface area contributed by atoms with E-state index in [1.165, 1.54) is 6.07 Å². The third-order valence-electron chi connectivity index (χ3n) is 2.39. The number of benzene rings is 1. The van der Waals surface area contributed by atoms with Gasteiger partial charge >= 0.3 is 6.18 Å². The molecule has 0 bridgehead atoms. The van der Waals surface area contributed by atoms with Crippen molar-refractivity contribution in [3.8, 4) is 0 Å². The van der Waals surface area contributed by atoms with Gasteiger partial charge in [0.2, 0.25) is 0 Å². The smallest absolute Gasteiger partial charge is 0.395 e. The van der Waals surface area contributed by atoms with Crippen LogP contribution in [0.25, 0.3) is 0 Å². The molecular formula is C11H12BrF3O. The fourth-order valence-corrected chi connectivity index (χ4v) is 2.43. The number of hydrogen-bond acceptors (Lipinski definition) is 1. The van der Waals surface area contributed by atoms with Crippen molar-refractivity contribution in [1.82, 2.24) is 0 Å². The minimum atomic E-state index is -4.41. The highest BCUT2D eigenvalue weighted by Gasteiger charge is 2.38. The van der Waals surface area contributed by atoms with Gasteiger partial charge in [-0.25, -0.2) is 0 Å². The summed E-state index contributed by atoms with van der Waals surface area (Å²) in [5.41, 5.74) is -1.56. The van der Waals surface area contributed by atoms with Crippen LogP contribution >= 0.6 is 15.9 Å². The molecule has 0 heterocycles. The van der Waals surface area contributed by atoms with Crippen LogP contribution in [0.3, 0.4) is 0 Å². The topological polar surface area (TPSA) is 20.2 Å². The molecule has 0 unspecified atom stereocenters. The second-order valence-corrected chi connectivity index (χ2v) is 5.06. The molecule has 1 rings (SSSR count). The van der Waals surface area contributed by atoms with E-state index in [1.54, 1.807) is 19.9 Å². The standard InChI is InChI=1S/C11H12BrF3O/c1-10(2,6-16)9-7(11(13,14)15)4-3-5-8(9)12/h3-5,16H,6H2,1-2H3. The molecule has 0 aromatic heterocycles. The molecule has 90 valence electrons. The number of aliphatic hydroxyl groups excluding tert-OH is 1. The van der Waals surface area contributed by atoms with E-state index in [-0.39, 0.29) is 12.2 Å². The number of alkyl halides is 3. The molecule has 0 aliphatic rings. The van der Waals surface area contributed by atoms with Crippen LogP contribution in [0.15, 0.2) is 22.7 Å². The van der Waals surface area contributed by atoms with Crippen molar-refractivity contribution < 1.29 is 18.3 Å². The zero-order valence-corrected chi connectivity index (χ0v) is 10.5. The van der Waals surface area contributed by atoms with Gasteiger partial charge < -0.3 is 5.11 Å². The van der Waals surface area contributed by atoms with Gasteiger partial charge in [0.05, 0.1) is 12.2 Å². The van der Waals surface area contributed by atoms with Crippen molar-refractivity contribution in [2.24, 2.45) is 0 Å². The Bertz CT molecular complexity index is 385. The molecule has 0 saturated carbocycles. The molecule has 0 atom stereocenters. The zero-order chi connectivity index (χ0) is 12.6. The first-order valence-electron chi connectivity index (χ1n) is 4.67. The fraction of sp³-hybridized carbons (Fsp3) is 0.455. The lowest BCUT2D eigenvalue weighted by Crippen LogP contribution is -2.27. The number of hydrogen-bond donors (Lipinski definition) is 1. The Hall–Kier alpha value is -0.550. The summed E-state index contributed by atoms with van der Waals surface area (Å²) in [6, 6.07) is 3.91. The van der Waals surface area contributed by atoms with Gasteiger partial charge in [-0.05, 0) is 17.7 Å². The monoisotopic (exact) mass is 296 g/mol. The maximum absolute atomic E-state index is 12.8. The average molecular weight is 297 g/mol. The first-order chi connectivity index (χ1) is 7.20. The van der Waals surface area contributed by atoms with Crippen LogP contribution in [0.4, 0.5) is 13.2 Å². The Morgan fingerprint density at radius 2 is 1.81 bits per heavy atom. The van der Waals surface area contributed by atoms with Crippen molar-refractivity contribution in [1.29, 1.82) is 0 Å². The summed E-state index contributed by atoms with van der Waals surface area (Å²) in [6.45, 7) is 2.80. The van der Waals surface area contributed by atoms with Gasteiger partial charge in [-0.15, -0.1) is 0 Å². The van der Waals surface area contributed by atoms with Crippen molar-refractivity contribution in [3.05, 3.63) is 33.8 Å². The predicted octanol–water partition coefficient (Wildman–Crippen LogP) is 3.74. The van der Waals surface area contributed by atoms with Crippen molar-refractivity contribution >= 4 is 15.9 Å². The summed E-state index contributed by atoms with van der Waals surface area (Å²) < 4.78 is 38.7. The first kappa shape index (κ1) is 13.5. The summed E-state index contributed by atoms with van der Waals surface area (Å²) in [5.74, 6) is 0. The second kappa shape index (κ2) is 4.37. The van der Waals surface area contributed by atoms with Crippen LogP contribution in [0.5, 0.6) is 0 Å². The molecule has 1 N–H and O–H groups in total. The van der Waals surface area contributed by atoms with Crippen molar-refractivity contribution in [2.75, 3.05) is 6.61 Å². The lowest BCUT2D eigenvalue weighted by Gasteiger charge is -2.27. The Morgan fingerprint density at radius 3 is 2.25 bits per heavy atom. The van der Waals surface area contributed by atoms with Gasteiger partial charge in [0, 0.05) is 9.89 Å². The van der Waals surface area contributed by atoms with Crippen LogP contribution in [0, 0.1) is 0 Å². The van der Waals surface area contributed by atoms with E-state index >= 15 is 0 Å². The van der Waals surface area contributed by atoms with E-state index in [0.29, 0.717) is 4.47 Å². The summed E-state index contributed by atoms with van der Waals surface area (Å²) in [5, 5.41) is 9.17. The van der Waals surface area contributed by atoms with Gasteiger partial charge in [0.15, 0.2) is 0 Å². The Morgan fingerprint density at radius 1 is 1.25 bits per heavy atom. The van der Waals surface area contributed by atoms with Crippen LogP contribution in [0.2, 0.25) is 0 Å². The molecule has 0 aliphatic carbocycles. The molecule has 0 spiro atoms. The van der Waals surface area contributed by atoms with Gasteiger partial charge in [-0.2, -0.15) is 13.2 Å². The highest BCUT2D eigenvalue weighted by Crippen LogP contribution is 2.40. The van der Waals surface area contributed by atoms with Crippen LogP contribution in [0.1, 0.15) is 25.0 Å². The molecule has 0 amide bonds. The first-order valence-corrected chi connectivity index (χ1v) is 5.46. The van der Waals surface area contributed by atoms with Gasteiger partial charge in [0.25, 0.3) is 0 Å². The van der Waals surface area contributed by atoms with Gasteiger partial charge in [-0.1, -0.05) is 35.8 Å². The lowest BCUT2D eigenvalue weighted by atomic mass is 9.82. The average Bonchev–Trinajstić information content (AvgIpc) is 2.15. The SMILES string of the molecule is CC(C)(CO)c1c(Br)cccc1C(F)(F)F. The Balaban J connectivity index is 3.48. The van der Waals surface area contributed by atoms with Crippen molar-refractivity contribution in [2.45, 2.75) is 25.4 Å². The molecular weight excluding hydrogens is 285 g/mol. The molecule has 1 aromatic rings. The van der Waals surface area contributed by atoms with Gasteiger partial charge in [0.1, 0.15) is 0 Å². The Kier molecular flexibility index (Phi) is 3.69. The second-order valence-electron chi connectivity index (χ2n) is 4.20. The summed E-state index contributed by atoms with van der Waals surface area (Å²) >= 11 is 3.11. The summed E-state index contributed by atoms with van der Waals surface area (Å²) in [7, 11) is 0. The molecule has 16 heavy (non-hydrogen) atoms. The molecule has 0 fully saturated rings. The third kappa shape index (κ3) is 2.58. The molecule has 1 aromatic carbocycles. The van der Waals surface area contributed by atoms with Crippen LogP contribution < -0.4 is 0 Å². The predicted molar refractivity (Wildman–Crippen MR) is 59.3 cm³/mol. The maximum Gasteiger partial charge on any atom is 0.416 e. The van der Waals surface area contributed by atoms with E-state index in [0.717, 1.165) is 6.07 Å². The normalized spacial score (nSPS) is 12.9.